The van der Waals surface area contributed by atoms with Gasteiger partial charge in [-0.05, 0) is 47.6 Å². The van der Waals surface area contributed by atoms with E-state index in [1.807, 2.05) is 56.3 Å². The smallest absolute Gasteiger partial charge is 0.255 e. The van der Waals surface area contributed by atoms with Gasteiger partial charge < -0.3 is 35.2 Å². The van der Waals surface area contributed by atoms with Crippen molar-refractivity contribution < 1.29 is 33.4 Å². The Labute approximate surface area is 323 Å². The van der Waals surface area contributed by atoms with E-state index in [-0.39, 0.29) is 74.7 Å². The number of nitrogens with zero attached hydrogens (tertiary/aromatic N) is 3. The molecular formula is C42H54N6O7. The first-order valence-electron chi connectivity index (χ1n) is 19.1. The van der Waals surface area contributed by atoms with Crippen LogP contribution in [0, 0.1) is 5.92 Å². The first-order valence-corrected chi connectivity index (χ1v) is 19.1. The van der Waals surface area contributed by atoms with Gasteiger partial charge in [-0.15, -0.1) is 0 Å². The van der Waals surface area contributed by atoms with Crippen LogP contribution in [0.1, 0.15) is 60.2 Å². The Hall–Kier alpha value is -5.27. The van der Waals surface area contributed by atoms with E-state index in [4.69, 9.17) is 9.47 Å². The summed E-state index contributed by atoms with van der Waals surface area (Å²) in [5.41, 5.74) is 3.06. The second-order valence-corrected chi connectivity index (χ2v) is 14.7. The van der Waals surface area contributed by atoms with Gasteiger partial charge in [0.15, 0.2) is 0 Å². The van der Waals surface area contributed by atoms with Crippen molar-refractivity contribution in [2.24, 2.45) is 5.92 Å². The third kappa shape index (κ3) is 12.9. The highest BCUT2D eigenvalue weighted by Crippen LogP contribution is 2.20. The van der Waals surface area contributed by atoms with E-state index in [0.29, 0.717) is 19.6 Å². The molecule has 3 aromatic rings. The molecule has 3 N–H and O–H groups in total. The third-order valence-electron chi connectivity index (χ3n) is 9.63. The molecule has 3 aromatic carbocycles. The monoisotopic (exact) mass is 754 g/mol. The highest BCUT2D eigenvalue weighted by atomic mass is 16.5. The Morgan fingerprint density at radius 1 is 0.836 bits per heavy atom. The lowest BCUT2D eigenvalue weighted by atomic mass is 10.0. The predicted octanol–water partition coefficient (Wildman–Crippen LogP) is 3.12. The second kappa shape index (κ2) is 20.4. The van der Waals surface area contributed by atoms with Gasteiger partial charge in [0.1, 0.15) is 24.9 Å². The van der Waals surface area contributed by atoms with E-state index in [2.05, 4.69) is 33.0 Å². The van der Waals surface area contributed by atoms with Crippen LogP contribution in [0.2, 0.25) is 0 Å². The number of carbonyl (C=O) groups excluding carboxylic acids is 5. The lowest BCUT2D eigenvalue weighted by Crippen LogP contribution is -2.49. The van der Waals surface area contributed by atoms with E-state index in [1.165, 1.54) is 16.8 Å². The van der Waals surface area contributed by atoms with Crippen molar-refractivity contribution >= 4 is 29.5 Å². The van der Waals surface area contributed by atoms with Gasteiger partial charge in [0.05, 0.1) is 31.4 Å². The van der Waals surface area contributed by atoms with Crippen LogP contribution in [0.4, 0.5) is 0 Å². The molecule has 1 fully saturated rings. The lowest BCUT2D eigenvalue weighted by Gasteiger charge is -2.27. The summed E-state index contributed by atoms with van der Waals surface area (Å²) in [7, 11) is 1.53. The van der Waals surface area contributed by atoms with Gasteiger partial charge in [-0.3, -0.25) is 28.9 Å². The molecular weight excluding hydrogens is 700 g/mol. The summed E-state index contributed by atoms with van der Waals surface area (Å²) in [5.74, 6) is -1.64. The minimum Gasteiger partial charge on any atom is -0.491 e. The summed E-state index contributed by atoms with van der Waals surface area (Å²) in [4.78, 5) is 73.4. The molecule has 0 bridgehead atoms. The molecule has 294 valence electrons. The summed E-state index contributed by atoms with van der Waals surface area (Å²) < 4.78 is 11.6. The molecule has 0 radical (unpaired) electrons. The molecule has 55 heavy (non-hydrogen) atoms. The Morgan fingerprint density at radius 3 is 2.31 bits per heavy atom. The summed E-state index contributed by atoms with van der Waals surface area (Å²) in [6.45, 7) is 7.93. The van der Waals surface area contributed by atoms with Crippen LogP contribution in [0.5, 0.6) is 5.75 Å². The van der Waals surface area contributed by atoms with Crippen LogP contribution in [0.25, 0.3) is 0 Å². The van der Waals surface area contributed by atoms with Crippen LogP contribution in [-0.2, 0) is 43.5 Å². The number of ether oxygens (including phenoxy) is 2. The van der Waals surface area contributed by atoms with E-state index in [9.17, 15) is 24.0 Å². The molecule has 2 aliphatic heterocycles. The maximum Gasteiger partial charge on any atom is 0.255 e. The Bertz CT molecular complexity index is 1760. The van der Waals surface area contributed by atoms with E-state index in [0.717, 1.165) is 36.3 Å². The summed E-state index contributed by atoms with van der Waals surface area (Å²) in [5, 5.41) is 8.82. The van der Waals surface area contributed by atoms with Crippen LogP contribution >= 0.6 is 0 Å². The summed E-state index contributed by atoms with van der Waals surface area (Å²) in [6.07, 6.45) is 0.437. The number of rotatable bonds is 9. The van der Waals surface area contributed by atoms with Crippen LogP contribution in [0.3, 0.4) is 0 Å². The molecule has 2 atom stereocenters. The number of amides is 5. The van der Waals surface area contributed by atoms with Crippen molar-refractivity contribution in [2.45, 2.75) is 64.8 Å². The molecule has 2 aliphatic rings. The van der Waals surface area contributed by atoms with Gasteiger partial charge in [-0.25, -0.2) is 0 Å². The lowest BCUT2D eigenvalue weighted by molar-refractivity contribution is -0.142. The van der Waals surface area contributed by atoms with Crippen LogP contribution in [0.15, 0.2) is 78.9 Å². The van der Waals surface area contributed by atoms with Gasteiger partial charge in [-0.2, -0.15) is 0 Å². The number of para-hydroxylation sites is 1. The highest BCUT2D eigenvalue weighted by Gasteiger charge is 2.28. The van der Waals surface area contributed by atoms with Gasteiger partial charge in [0.25, 0.3) is 5.91 Å². The minimum atomic E-state index is -1.08. The minimum absolute atomic E-state index is 0.0231. The molecule has 5 rings (SSSR count). The van der Waals surface area contributed by atoms with E-state index in [1.54, 1.807) is 24.3 Å². The molecule has 0 aromatic heterocycles. The average molecular weight is 755 g/mol. The maximum atomic E-state index is 13.9. The standard InChI is InChI=1S/C42H54N6O7/c1-30(2)22-34-29-55-37-15-8-7-14-35(37)41(52)45-36(42(53)43-24-32-12-9-13-33(23-32)25-47-18-20-54-21-19-47)16-17-39(50)48(26-31-10-5-4-6-11-31)28-40(51)46(3)27-38(49)44-34/h4-15,23,30,34,36H,16-22,24-29H2,1-3H3,(H,43,53)(H,44,49)(H,45,52)/t34-,36-/m0/s1. The molecule has 0 aliphatic carbocycles. The van der Waals surface area contributed by atoms with Gasteiger partial charge >= 0.3 is 0 Å². The highest BCUT2D eigenvalue weighted by molar-refractivity contribution is 6.00. The van der Waals surface area contributed by atoms with Crippen molar-refractivity contribution in [1.29, 1.82) is 0 Å². The fourth-order valence-corrected chi connectivity index (χ4v) is 6.70. The Kier molecular flexibility index (Phi) is 15.2. The van der Waals surface area contributed by atoms with Gasteiger partial charge in [-0.1, -0.05) is 80.6 Å². The molecule has 5 amide bonds. The summed E-state index contributed by atoms with van der Waals surface area (Å²) in [6, 6.07) is 22.5. The zero-order valence-corrected chi connectivity index (χ0v) is 32.1. The Balaban J connectivity index is 1.39. The molecule has 0 spiro atoms. The molecule has 13 nitrogen and oxygen atoms in total. The zero-order valence-electron chi connectivity index (χ0n) is 32.1. The molecule has 2 heterocycles. The van der Waals surface area contributed by atoms with Crippen LogP contribution in [-0.4, -0.2) is 109 Å². The number of fused-ring (bicyclic) bond motifs is 1. The van der Waals surface area contributed by atoms with Crippen LogP contribution < -0.4 is 20.7 Å². The SMILES string of the molecule is CC(C)C[C@H]1COc2ccccc2C(=O)N[C@H](C(=O)NCc2cccc(CN3CCOCC3)c2)CCC(=O)N(Cc2ccccc2)CC(=O)N(C)CC(=O)N1. The topological polar surface area (TPSA) is 150 Å². The number of morpholine rings is 1. The number of likely N-dealkylation sites (N-methyl/N-ethyl adjacent to an activating group) is 1. The number of hydrogen-bond donors (Lipinski definition) is 3. The normalized spacial score (nSPS) is 19.8. The largest absolute Gasteiger partial charge is 0.491 e. The first kappa shape index (κ1) is 40.9. The molecule has 13 heteroatoms. The average Bonchev–Trinajstić information content (AvgIpc) is 3.17. The first-order chi connectivity index (χ1) is 26.5. The van der Waals surface area contributed by atoms with Gasteiger partial charge in [0.2, 0.25) is 23.6 Å². The third-order valence-corrected chi connectivity index (χ3v) is 9.63. The van der Waals surface area contributed by atoms with Crippen molar-refractivity contribution in [3.63, 3.8) is 0 Å². The number of carbonyl (C=O) groups is 5. The number of nitrogens with one attached hydrogen (secondary N) is 3. The molecule has 0 saturated carbocycles. The zero-order chi connectivity index (χ0) is 39.2. The quantitative estimate of drug-likeness (QED) is 0.302. The van der Waals surface area contributed by atoms with Crippen molar-refractivity contribution in [2.75, 3.05) is 53.0 Å². The fraction of sp³-hybridized carbons (Fsp3) is 0.452. The van der Waals surface area contributed by atoms with Crippen molar-refractivity contribution in [3.05, 3.63) is 101 Å². The van der Waals surface area contributed by atoms with E-state index < -0.39 is 29.8 Å². The predicted molar refractivity (Wildman–Crippen MR) is 208 cm³/mol. The Morgan fingerprint density at radius 2 is 1.55 bits per heavy atom. The van der Waals surface area contributed by atoms with Crippen molar-refractivity contribution in [1.82, 2.24) is 30.7 Å². The summed E-state index contributed by atoms with van der Waals surface area (Å²) >= 11 is 0. The van der Waals surface area contributed by atoms with Gasteiger partial charge in [0, 0.05) is 46.2 Å². The fourth-order valence-electron chi connectivity index (χ4n) is 6.70. The maximum absolute atomic E-state index is 13.9. The van der Waals surface area contributed by atoms with E-state index >= 15 is 0 Å². The van der Waals surface area contributed by atoms with Crippen molar-refractivity contribution in [3.8, 4) is 5.75 Å². The number of hydrogen-bond acceptors (Lipinski definition) is 8. The molecule has 1 saturated heterocycles. The number of benzene rings is 3. The second-order valence-electron chi connectivity index (χ2n) is 14.7. The molecule has 0 unspecified atom stereocenters.